The number of ketones is 1. The van der Waals surface area contributed by atoms with E-state index in [2.05, 4.69) is 0 Å². The molecule has 0 aromatic heterocycles. The van der Waals surface area contributed by atoms with Gasteiger partial charge in [0.25, 0.3) is 0 Å². The molecule has 1 aliphatic heterocycles. The molecule has 0 saturated heterocycles. The molecule has 5 nitrogen and oxygen atoms in total. The Morgan fingerprint density at radius 3 is 2.70 bits per heavy atom. The highest BCUT2D eigenvalue weighted by Gasteiger charge is 2.32. The Hall–Kier alpha value is -2.30. The third kappa shape index (κ3) is 2.96. The number of aryl methyl sites for hydroxylation is 1. The third-order valence-electron chi connectivity index (χ3n) is 4.99. The molecule has 1 heterocycles. The van der Waals surface area contributed by atoms with Crippen LogP contribution in [-0.2, 0) is 16.0 Å². The number of carbonyl (C=O) groups excluding carboxylic acids is 2. The SMILES string of the molecule is Cc1cc(O)c(O)cc1CC1C2=C(CCN1C=O)CC(=O)CC2. The highest BCUT2D eigenvalue weighted by Crippen LogP contribution is 2.36. The Bertz CT molecular complexity index is 693. The molecule has 0 saturated carbocycles. The summed E-state index contributed by atoms with van der Waals surface area (Å²) in [6.07, 6.45) is 4.01. The van der Waals surface area contributed by atoms with Crippen LogP contribution < -0.4 is 0 Å². The Morgan fingerprint density at radius 2 is 1.96 bits per heavy atom. The number of hydrogen-bond acceptors (Lipinski definition) is 4. The first-order chi connectivity index (χ1) is 11.0. The van der Waals surface area contributed by atoms with Crippen molar-refractivity contribution in [2.24, 2.45) is 0 Å². The molecule has 1 atom stereocenters. The van der Waals surface area contributed by atoms with E-state index in [4.69, 9.17) is 0 Å². The lowest BCUT2D eigenvalue weighted by Crippen LogP contribution is -2.43. The van der Waals surface area contributed by atoms with Crippen LogP contribution in [0.5, 0.6) is 11.5 Å². The molecule has 2 aliphatic rings. The van der Waals surface area contributed by atoms with E-state index < -0.39 is 0 Å². The van der Waals surface area contributed by atoms with Crippen molar-refractivity contribution in [1.82, 2.24) is 4.90 Å². The summed E-state index contributed by atoms with van der Waals surface area (Å²) in [7, 11) is 0. The first-order valence-electron chi connectivity index (χ1n) is 7.94. The van der Waals surface area contributed by atoms with Crippen LogP contribution in [0.25, 0.3) is 0 Å². The summed E-state index contributed by atoms with van der Waals surface area (Å²) in [5.41, 5.74) is 4.17. The minimum absolute atomic E-state index is 0.0630. The number of hydrogen-bond donors (Lipinski definition) is 2. The monoisotopic (exact) mass is 315 g/mol. The van der Waals surface area contributed by atoms with Crippen LogP contribution in [0.15, 0.2) is 23.3 Å². The third-order valence-corrected chi connectivity index (χ3v) is 4.99. The van der Waals surface area contributed by atoms with E-state index in [9.17, 15) is 19.8 Å². The van der Waals surface area contributed by atoms with Gasteiger partial charge in [-0.2, -0.15) is 0 Å². The van der Waals surface area contributed by atoms with Crippen molar-refractivity contribution < 1.29 is 19.8 Å². The number of Topliss-reactive ketones (excluding diaryl/α,β-unsaturated/α-hetero) is 1. The number of aromatic hydroxyl groups is 2. The van der Waals surface area contributed by atoms with Gasteiger partial charge in [-0.3, -0.25) is 9.59 Å². The van der Waals surface area contributed by atoms with Crippen molar-refractivity contribution >= 4 is 12.2 Å². The minimum atomic E-state index is -0.146. The van der Waals surface area contributed by atoms with Crippen LogP contribution >= 0.6 is 0 Å². The first-order valence-corrected chi connectivity index (χ1v) is 7.94. The van der Waals surface area contributed by atoms with Crippen molar-refractivity contribution in [1.29, 1.82) is 0 Å². The van der Waals surface area contributed by atoms with Crippen LogP contribution in [0.1, 0.15) is 36.8 Å². The van der Waals surface area contributed by atoms with Crippen molar-refractivity contribution in [3.05, 3.63) is 34.4 Å². The molecule has 0 bridgehead atoms. The quantitative estimate of drug-likeness (QED) is 0.509. The number of amides is 1. The maximum absolute atomic E-state index is 11.7. The van der Waals surface area contributed by atoms with Gasteiger partial charge in [-0.15, -0.1) is 0 Å². The van der Waals surface area contributed by atoms with E-state index in [0.29, 0.717) is 32.2 Å². The molecule has 1 unspecified atom stereocenters. The molecule has 5 heteroatoms. The Kier molecular flexibility index (Phi) is 4.11. The largest absolute Gasteiger partial charge is 0.504 e. The fraction of sp³-hybridized carbons (Fsp3) is 0.444. The Balaban J connectivity index is 1.95. The number of nitrogens with zero attached hydrogens (tertiary/aromatic N) is 1. The van der Waals surface area contributed by atoms with Crippen molar-refractivity contribution in [3.8, 4) is 11.5 Å². The molecule has 3 rings (SSSR count). The molecule has 23 heavy (non-hydrogen) atoms. The highest BCUT2D eigenvalue weighted by molar-refractivity contribution is 5.83. The van der Waals surface area contributed by atoms with Gasteiger partial charge in [-0.1, -0.05) is 5.57 Å². The summed E-state index contributed by atoms with van der Waals surface area (Å²) in [6, 6.07) is 3.04. The van der Waals surface area contributed by atoms with Gasteiger partial charge >= 0.3 is 0 Å². The predicted octanol–water partition coefficient (Wildman–Crippen LogP) is 2.23. The molecule has 0 spiro atoms. The van der Waals surface area contributed by atoms with Gasteiger partial charge < -0.3 is 15.1 Å². The fourth-order valence-electron chi connectivity index (χ4n) is 3.68. The molecule has 2 N–H and O–H groups in total. The Labute approximate surface area is 135 Å². The van der Waals surface area contributed by atoms with Crippen molar-refractivity contribution in [2.75, 3.05) is 6.54 Å². The van der Waals surface area contributed by atoms with Crippen LogP contribution in [-0.4, -0.2) is 39.9 Å². The van der Waals surface area contributed by atoms with Gasteiger partial charge in [-0.05, 0) is 55.0 Å². The number of benzene rings is 1. The van der Waals surface area contributed by atoms with E-state index >= 15 is 0 Å². The number of phenolic OH excluding ortho intramolecular Hbond substituents is 2. The van der Waals surface area contributed by atoms with Gasteiger partial charge in [0.15, 0.2) is 11.5 Å². The molecule has 1 aromatic carbocycles. The zero-order valence-corrected chi connectivity index (χ0v) is 13.2. The Morgan fingerprint density at radius 1 is 1.22 bits per heavy atom. The number of phenols is 2. The van der Waals surface area contributed by atoms with Crippen LogP contribution in [0.3, 0.4) is 0 Å². The van der Waals surface area contributed by atoms with E-state index in [0.717, 1.165) is 24.0 Å². The van der Waals surface area contributed by atoms with Gasteiger partial charge in [-0.25, -0.2) is 0 Å². The van der Waals surface area contributed by atoms with Crippen LogP contribution in [0, 0.1) is 6.92 Å². The normalized spacial score (nSPS) is 21.3. The van der Waals surface area contributed by atoms with E-state index in [1.165, 1.54) is 11.1 Å². The zero-order valence-electron chi connectivity index (χ0n) is 13.2. The average Bonchev–Trinajstić information content (AvgIpc) is 2.52. The second kappa shape index (κ2) is 6.07. The fourth-order valence-corrected chi connectivity index (χ4v) is 3.68. The second-order valence-corrected chi connectivity index (χ2v) is 6.42. The van der Waals surface area contributed by atoms with Gasteiger partial charge in [0.1, 0.15) is 5.78 Å². The summed E-state index contributed by atoms with van der Waals surface area (Å²) in [4.78, 5) is 24.9. The zero-order chi connectivity index (χ0) is 16.6. The van der Waals surface area contributed by atoms with E-state index in [1.807, 2.05) is 6.92 Å². The van der Waals surface area contributed by atoms with E-state index in [-0.39, 0.29) is 23.3 Å². The maximum atomic E-state index is 11.7. The number of carbonyl (C=O) groups is 2. The van der Waals surface area contributed by atoms with Crippen LogP contribution in [0.4, 0.5) is 0 Å². The van der Waals surface area contributed by atoms with Gasteiger partial charge in [0, 0.05) is 19.4 Å². The molecule has 1 aliphatic carbocycles. The second-order valence-electron chi connectivity index (χ2n) is 6.42. The molecular formula is C18H21NO4. The maximum Gasteiger partial charge on any atom is 0.210 e. The summed E-state index contributed by atoms with van der Waals surface area (Å²) in [5.74, 6) is -0.00194. The molecule has 122 valence electrons. The lowest BCUT2D eigenvalue weighted by Gasteiger charge is -2.39. The summed E-state index contributed by atoms with van der Waals surface area (Å²) >= 11 is 0. The van der Waals surface area contributed by atoms with Crippen molar-refractivity contribution in [3.63, 3.8) is 0 Å². The summed E-state index contributed by atoms with van der Waals surface area (Å²) < 4.78 is 0. The minimum Gasteiger partial charge on any atom is -0.504 e. The van der Waals surface area contributed by atoms with E-state index in [1.54, 1.807) is 17.0 Å². The molecule has 0 fully saturated rings. The van der Waals surface area contributed by atoms with Crippen LogP contribution in [0.2, 0.25) is 0 Å². The highest BCUT2D eigenvalue weighted by atomic mass is 16.3. The van der Waals surface area contributed by atoms with Gasteiger partial charge in [0.05, 0.1) is 6.04 Å². The predicted molar refractivity (Wildman–Crippen MR) is 85.3 cm³/mol. The smallest absolute Gasteiger partial charge is 0.210 e. The standard InChI is InChI=1S/C18H21NO4/c1-11-6-17(22)18(23)9-13(11)8-16-15-3-2-14(21)7-12(15)4-5-19(16)10-20/h6,9-10,16,22-23H,2-5,7-8H2,1H3. The topological polar surface area (TPSA) is 77.8 Å². The summed E-state index contributed by atoms with van der Waals surface area (Å²) in [5, 5.41) is 19.3. The number of rotatable bonds is 3. The molecule has 0 radical (unpaired) electrons. The lowest BCUT2D eigenvalue weighted by atomic mass is 9.80. The lowest BCUT2D eigenvalue weighted by molar-refractivity contribution is -0.120. The molecule has 1 aromatic rings. The average molecular weight is 315 g/mol. The molecule has 1 amide bonds. The van der Waals surface area contributed by atoms with Gasteiger partial charge in [0.2, 0.25) is 6.41 Å². The van der Waals surface area contributed by atoms with Crippen molar-refractivity contribution in [2.45, 2.75) is 45.1 Å². The first kappa shape index (κ1) is 15.6. The summed E-state index contributed by atoms with van der Waals surface area (Å²) in [6.45, 7) is 2.51. The molecular weight excluding hydrogens is 294 g/mol.